The van der Waals surface area contributed by atoms with Crippen molar-refractivity contribution in [3.8, 4) is 11.3 Å². The molecular formula is C28H38N8. The van der Waals surface area contributed by atoms with E-state index in [1.807, 2.05) is 12.3 Å². The molecule has 4 heterocycles. The highest BCUT2D eigenvalue weighted by Gasteiger charge is 2.33. The Hall–Kier alpha value is -2.97. The molecule has 2 aromatic heterocycles. The first kappa shape index (κ1) is 23.4. The van der Waals surface area contributed by atoms with Crippen LogP contribution in [0.4, 0.5) is 11.8 Å². The number of rotatable bonds is 6. The van der Waals surface area contributed by atoms with Crippen LogP contribution in [0.5, 0.6) is 0 Å². The van der Waals surface area contributed by atoms with E-state index in [0.29, 0.717) is 6.54 Å². The van der Waals surface area contributed by atoms with Crippen molar-refractivity contribution in [2.75, 3.05) is 29.4 Å². The molecule has 3 aliphatic rings. The molecule has 2 saturated heterocycles. The monoisotopic (exact) mass is 486 g/mol. The van der Waals surface area contributed by atoms with Gasteiger partial charge in [0.2, 0.25) is 5.95 Å². The zero-order valence-electron chi connectivity index (χ0n) is 21.1. The SMILES string of the molecule is NC1CCCN(c2nc3c(c(N4CCCCCC4)n2)CCC3)C1NCc1cn[nH]c1-c1ccccc1. The van der Waals surface area contributed by atoms with Crippen LogP contribution in [0.15, 0.2) is 36.5 Å². The summed E-state index contributed by atoms with van der Waals surface area (Å²) >= 11 is 0. The second-order valence-corrected chi connectivity index (χ2v) is 10.5. The maximum Gasteiger partial charge on any atom is 0.228 e. The number of piperidine rings is 1. The predicted octanol–water partition coefficient (Wildman–Crippen LogP) is 3.78. The number of fused-ring (bicyclic) bond motifs is 1. The summed E-state index contributed by atoms with van der Waals surface area (Å²) in [6.07, 6.45) is 12.4. The van der Waals surface area contributed by atoms with Crippen LogP contribution in [0.2, 0.25) is 0 Å². The fraction of sp³-hybridized carbons (Fsp3) is 0.536. The molecular weight excluding hydrogens is 448 g/mol. The standard InChI is InChI=1S/C28H38N8/c29-23-13-9-17-36(27(23)30-18-21-19-31-34-25(21)20-10-4-3-5-11-20)28-32-24-14-8-12-22(24)26(33-28)35-15-6-1-2-7-16-35/h3-5,10-11,19,23,27,30H,1-2,6-9,12-18,29H2,(H,31,34). The molecule has 0 bridgehead atoms. The molecule has 190 valence electrons. The molecule has 0 radical (unpaired) electrons. The van der Waals surface area contributed by atoms with Gasteiger partial charge in [-0.1, -0.05) is 43.2 Å². The Balaban J connectivity index is 1.27. The average molecular weight is 487 g/mol. The number of nitrogens with two attached hydrogens (primary N) is 1. The van der Waals surface area contributed by atoms with Crippen LogP contribution in [-0.4, -0.2) is 52.0 Å². The van der Waals surface area contributed by atoms with Gasteiger partial charge in [0.05, 0.1) is 23.8 Å². The average Bonchev–Trinajstić information content (AvgIpc) is 3.50. The minimum absolute atomic E-state index is 0.0179. The second-order valence-electron chi connectivity index (χ2n) is 10.5. The summed E-state index contributed by atoms with van der Waals surface area (Å²) in [5.74, 6) is 2.03. The lowest BCUT2D eigenvalue weighted by molar-refractivity contribution is 0.341. The molecule has 36 heavy (non-hydrogen) atoms. The maximum atomic E-state index is 6.72. The van der Waals surface area contributed by atoms with Crippen LogP contribution in [-0.2, 0) is 19.4 Å². The molecule has 1 aliphatic carbocycles. The van der Waals surface area contributed by atoms with Crippen molar-refractivity contribution in [2.24, 2.45) is 5.73 Å². The Bertz CT molecular complexity index is 1150. The summed E-state index contributed by atoms with van der Waals surface area (Å²) in [5.41, 5.74) is 12.7. The van der Waals surface area contributed by atoms with E-state index in [-0.39, 0.29) is 12.2 Å². The number of aromatic nitrogens is 4. The van der Waals surface area contributed by atoms with E-state index < -0.39 is 0 Å². The van der Waals surface area contributed by atoms with Crippen LogP contribution in [0.25, 0.3) is 11.3 Å². The van der Waals surface area contributed by atoms with E-state index in [0.717, 1.165) is 68.1 Å². The zero-order chi connectivity index (χ0) is 24.3. The summed E-state index contributed by atoms with van der Waals surface area (Å²) in [5, 5.41) is 11.3. The molecule has 2 unspecified atom stereocenters. The van der Waals surface area contributed by atoms with Crippen LogP contribution in [0.3, 0.4) is 0 Å². The second kappa shape index (κ2) is 10.6. The van der Waals surface area contributed by atoms with Crippen LogP contribution in [0.1, 0.15) is 61.8 Å². The van der Waals surface area contributed by atoms with Crippen LogP contribution < -0.4 is 20.9 Å². The molecule has 8 heteroatoms. The zero-order valence-corrected chi connectivity index (χ0v) is 21.1. The van der Waals surface area contributed by atoms with E-state index >= 15 is 0 Å². The number of hydrogen-bond donors (Lipinski definition) is 3. The van der Waals surface area contributed by atoms with Gasteiger partial charge in [0.25, 0.3) is 0 Å². The molecule has 4 N–H and O–H groups in total. The first-order chi connectivity index (χ1) is 17.8. The Kier molecular flexibility index (Phi) is 6.88. The van der Waals surface area contributed by atoms with E-state index in [2.05, 4.69) is 49.6 Å². The maximum absolute atomic E-state index is 6.72. The molecule has 0 spiro atoms. The minimum atomic E-state index is -0.0197. The molecule has 6 rings (SSSR count). The number of benzene rings is 1. The van der Waals surface area contributed by atoms with Crippen molar-refractivity contribution in [3.63, 3.8) is 0 Å². The lowest BCUT2D eigenvalue weighted by Crippen LogP contribution is -2.59. The van der Waals surface area contributed by atoms with E-state index in [1.165, 1.54) is 49.2 Å². The fourth-order valence-electron chi connectivity index (χ4n) is 6.10. The van der Waals surface area contributed by atoms with Gasteiger partial charge in [-0.2, -0.15) is 10.1 Å². The van der Waals surface area contributed by atoms with Crippen molar-refractivity contribution in [1.82, 2.24) is 25.5 Å². The third-order valence-corrected chi connectivity index (χ3v) is 8.02. The molecule has 0 amide bonds. The van der Waals surface area contributed by atoms with Gasteiger partial charge in [-0.25, -0.2) is 4.98 Å². The summed E-state index contributed by atoms with van der Waals surface area (Å²) < 4.78 is 0. The molecule has 0 saturated carbocycles. The van der Waals surface area contributed by atoms with E-state index in [1.54, 1.807) is 0 Å². The number of hydrogen-bond acceptors (Lipinski definition) is 7. The van der Waals surface area contributed by atoms with Gasteiger partial charge >= 0.3 is 0 Å². The smallest absolute Gasteiger partial charge is 0.228 e. The first-order valence-electron chi connectivity index (χ1n) is 13.8. The molecule has 2 fully saturated rings. The topological polar surface area (TPSA) is 99.0 Å². The van der Waals surface area contributed by atoms with Gasteiger partial charge in [0.1, 0.15) is 5.82 Å². The summed E-state index contributed by atoms with van der Waals surface area (Å²) in [6, 6.07) is 10.4. The third kappa shape index (κ3) is 4.72. The predicted molar refractivity (Wildman–Crippen MR) is 144 cm³/mol. The molecule has 1 aromatic carbocycles. The van der Waals surface area contributed by atoms with Crippen LogP contribution >= 0.6 is 0 Å². The largest absolute Gasteiger partial charge is 0.356 e. The Morgan fingerprint density at radius 2 is 1.78 bits per heavy atom. The number of aryl methyl sites for hydroxylation is 1. The highest BCUT2D eigenvalue weighted by atomic mass is 15.4. The number of nitrogens with one attached hydrogen (secondary N) is 2. The lowest BCUT2D eigenvalue weighted by Gasteiger charge is -2.40. The first-order valence-corrected chi connectivity index (χ1v) is 13.8. The number of H-pyrrole nitrogens is 1. The van der Waals surface area contributed by atoms with Crippen LogP contribution in [0, 0.1) is 0 Å². The minimum Gasteiger partial charge on any atom is -0.356 e. The van der Waals surface area contributed by atoms with Gasteiger partial charge in [-0.15, -0.1) is 0 Å². The van der Waals surface area contributed by atoms with Crippen molar-refractivity contribution >= 4 is 11.8 Å². The summed E-state index contributed by atoms with van der Waals surface area (Å²) in [7, 11) is 0. The normalized spacial score (nSPS) is 22.5. The molecule has 3 aromatic rings. The van der Waals surface area contributed by atoms with Gasteiger partial charge in [0.15, 0.2) is 0 Å². The lowest BCUT2D eigenvalue weighted by atomic mass is 10.0. The number of aromatic amines is 1. The highest BCUT2D eigenvalue weighted by Crippen LogP contribution is 2.33. The Morgan fingerprint density at radius 1 is 0.944 bits per heavy atom. The summed E-state index contributed by atoms with van der Waals surface area (Å²) in [6.45, 7) is 3.81. The van der Waals surface area contributed by atoms with Crippen molar-refractivity contribution in [1.29, 1.82) is 0 Å². The van der Waals surface area contributed by atoms with Gasteiger partial charge in [0, 0.05) is 43.3 Å². The molecule has 2 atom stereocenters. The quantitative estimate of drug-likeness (QED) is 0.488. The molecule has 8 nitrogen and oxygen atoms in total. The van der Waals surface area contributed by atoms with Crippen molar-refractivity contribution in [2.45, 2.75) is 76.5 Å². The van der Waals surface area contributed by atoms with Gasteiger partial charge in [-0.3, -0.25) is 10.4 Å². The van der Waals surface area contributed by atoms with E-state index in [4.69, 9.17) is 15.7 Å². The van der Waals surface area contributed by atoms with E-state index in [9.17, 15) is 0 Å². The molecule has 2 aliphatic heterocycles. The fourth-order valence-corrected chi connectivity index (χ4v) is 6.10. The Morgan fingerprint density at radius 3 is 2.61 bits per heavy atom. The Labute approximate surface area is 213 Å². The van der Waals surface area contributed by atoms with Gasteiger partial charge < -0.3 is 15.5 Å². The summed E-state index contributed by atoms with van der Waals surface area (Å²) in [4.78, 5) is 15.2. The number of nitrogens with zero attached hydrogens (tertiary/aromatic N) is 5. The van der Waals surface area contributed by atoms with Crippen molar-refractivity contribution in [3.05, 3.63) is 53.3 Å². The van der Waals surface area contributed by atoms with Crippen molar-refractivity contribution < 1.29 is 0 Å². The number of anilines is 2. The van der Waals surface area contributed by atoms with Gasteiger partial charge in [-0.05, 0) is 50.5 Å². The highest BCUT2D eigenvalue weighted by molar-refractivity contribution is 5.62. The third-order valence-electron chi connectivity index (χ3n) is 8.02.